The summed E-state index contributed by atoms with van der Waals surface area (Å²) < 4.78 is 66.7. The molecule has 4 aromatic carbocycles. The molecule has 0 amide bonds. The number of carbonyl (C=O) groups is 1. The molecule has 6 nitrogen and oxygen atoms in total. The Bertz CT molecular complexity index is 1610. The molecule has 1 atom stereocenters. The van der Waals surface area contributed by atoms with Crippen molar-refractivity contribution in [1.29, 1.82) is 0 Å². The zero-order chi connectivity index (χ0) is 30.2. The van der Waals surface area contributed by atoms with Crippen LogP contribution >= 0.6 is 7.92 Å². The van der Waals surface area contributed by atoms with E-state index in [1.807, 2.05) is 0 Å². The second kappa shape index (κ2) is 15.5. The molecule has 0 aliphatic carbocycles. The van der Waals surface area contributed by atoms with Gasteiger partial charge in [0.05, 0.1) is 7.11 Å². The van der Waals surface area contributed by atoms with Gasteiger partial charge in [0.1, 0.15) is 0 Å². The van der Waals surface area contributed by atoms with Crippen LogP contribution in [-0.2, 0) is 48.4 Å². The molecule has 1 aromatic heterocycles. The molecule has 0 bridgehead atoms. The Hall–Kier alpha value is -3.24. The minimum Gasteiger partial charge on any atom is -0.529 e. The van der Waals surface area contributed by atoms with Crippen molar-refractivity contribution in [1.82, 2.24) is 4.98 Å². The van der Waals surface area contributed by atoms with Crippen molar-refractivity contribution in [3.63, 3.8) is 0 Å². The monoisotopic (exact) mass is 808 g/mol. The van der Waals surface area contributed by atoms with Crippen LogP contribution in [0.15, 0.2) is 121 Å². The number of rotatable bonds is 8. The molecule has 0 fully saturated rings. The Morgan fingerprint density at radius 1 is 0.814 bits per heavy atom. The Labute approximate surface area is 265 Å². The van der Waals surface area contributed by atoms with Gasteiger partial charge < -0.3 is 14.4 Å². The molecule has 0 saturated heterocycles. The molecule has 228 valence electrons. The molecule has 0 radical (unpaired) electrons. The Kier molecular flexibility index (Phi) is 12.3. The number of halogens is 3. The van der Waals surface area contributed by atoms with Gasteiger partial charge in [0.15, 0.2) is 10.0 Å². The molecule has 12 heteroatoms. The van der Waals surface area contributed by atoms with E-state index in [0.717, 1.165) is 7.11 Å². The summed E-state index contributed by atoms with van der Waals surface area (Å²) in [5.74, 6) is -1.16. The van der Waals surface area contributed by atoms with Crippen LogP contribution in [0, 0.1) is 0 Å². The van der Waals surface area contributed by atoms with Crippen molar-refractivity contribution in [2.24, 2.45) is 0 Å². The summed E-state index contributed by atoms with van der Waals surface area (Å²) in [7, 11) is -5.30. The second-order valence-electron chi connectivity index (χ2n) is 8.97. The molecule has 43 heavy (non-hydrogen) atoms. The van der Waals surface area contributed by atoms with Gasteiger partial charge in [0.2, 0.25) is 0 Å². The molecule has 5 aromatic rings. The summed E-state index contributed by atoms with van der Waals surface area (Å²) >= 11 is 0. The minimum absolute atomic E-state index is 0. The van der Waals surface area contributed by atoms with Gasteiger partial charge in [-0.1, -0.05) is 109 Å². The first-order valence-electron chi connectivity index (χ1n) is 12.7. The number of ether oxygens (including phenoxy) is 1. The number of hydrogen-bond acceptors (Lipinski definition) is 4. The maximum Gasteiger partial charge on any atom is 1.00 e. The van der Waals surface area contributed by atoms with Gasteiger partial charge >= 0.3 is 27.9 Å². The van der Waals surface area contributed by atoms with Crippen molar-refractivity contribution in [3.05, 3.63) is 132 Å². The standard InChI is InChI=1S/C18H15P.C13H12F3N2O4S.Au/c1-4-10-16(11-5-1)19(17-12-6-2-7-13-17)18-14-8-3-9-15-18;1-22-12(19)11(18-23(20,21)13(14,15)16)6-8-7-17-10-5-3-2-4-9(8)10;/h1-15H;2-5,7,11,17H,6H2,1H3;/q;-1;+1/t;11-;/m.1./s1. The van der Waals surface area contributed by atoms with E-state index in [0.29, 0.717) is 16.5 Å². The number of sulfonamides is 1. The molecular weight excluding hydrogens is 781 g/mol. The Balaban J connectivity index is 0.000000233. The summed E-state index contributed by atoms with van der Waals surface area (Å²) in [6.45, 7) is 0. The van der Waals surface area contributed by atoms with E-state index < -0.39 is 35.5 Å². The van der Waals surface area contributed by atoms with E-state index in [4.69, 9.17) is 0 Å². The van der Waals surface area contributed by atoms with Crippen LogP contribution < -0.4 is 15.9 Å². The smallest absolute Gasteiger partial charge is 0.529 e. The van der Waals surface area contributed by atoms with Gasteiger partial charge in [-0.15, -0.1) is 0 Å². The Morgan fingerprint density at radius 3 is 1.70 bits per heavy atom. The van der Waals surface area contributed by atoms with E-state index in [1.165, 1.54) is 22.1 Å². The first-order valence-corrected chi connectivity index (χ1v) is 15.5. The fourth-order valence-corrected chi connectivity index (χ4v) is 7.13. The van der Waals surface area contributed by atoms with Gasteiger partial charge in [-0.25, -0.2) is 8.42 Å². The summed E-state index contributed by atoms with van der Waals surface area (Å²) in [5, 5.41) is 4.85. The molecule has 0 unspecified atom stereocenters. The molecule has 5 rings (SSSR count). The normalized spacial score (nSPS) is 12.1. The van der Waals surface area contributed by atoms with Crippen molar-refractivity contribution in [3.8, 4) is 0 Å². The van der Waals surface area contributed by atoms with Gasteiger partial charge in [0, 0.05) is 17.1 Å². The molecule has 0 aliphatic rings. The number of carbonyl (C=O) groups excluding carboxylic acids is 1. The maximum absolute atomic E-state index is 12.5. The SMILES string of the molecule is COC(=O)[C@@H](Cc1c[nH]c2ccccc12)[N-]S(=O)(=O)C(F)(F)F.[Au+].c1ccc(P(c2ccccc2)c2ccccc2)cc1. The molecule has 1 heterocycles. The van der Waals surface area contributed by atoms with Crippen molar-refractivity contribution in [2.75, 3.05) is 7.11 Å². The third kappa shape index (κ3) is 8.89. The van der Waals surface area contributed by atoms with E-state index in [-0.39, 0.29) is 28.8 Å². The van der Waals surface area contributed by atoms with E-state index in [9.17, 15) is 26.4 Å². The van der Waals surface area contributed by atoms with Crippen LogP contribution in [0.4, 0.5) is 13.2 Å². The predicted octanol–water partition coefficient (Wildman–Crippen LogP) is 5.92. The zero-order valence-electron chi connectivity index (χ0n) is 22.7. The first-order chi connectivity index (χ1) is 20.1. The van der Waals surface area contributed by atoms with Gasteiger partial charge in [0.25, 0.3) is 5.97 Å². The van der Waals surface area contributed by atoms with Crippen molar-refractivity contribution >= 4 is 50.7 Å². The number of fused-ring (bicyclic) bond motifs is 1. The van der Waals surface area contributed by atoms with Crippen LogP contribution in [0.25, 0.3) is 15.6 Å². The van der Waals surface area contributed by atoms with Gasteiger partial charge in [-0.05, 0) is 47.9 Å². The minimum atomic E-state index is -5.79. The molecule has 0 aliphatic heterocycles. The number of methoxy groups -OCH3 is 1. The average Bonchev–Trinajstić information content (AvgIpc) is 3.40. The van der Waals surface area contributed by atoms with Crippen LogP contribution in [-0.4, -0.2) is 38.0 Å². The number of nitrogens with one attached hydrogen (secondary N) is 1. The maximum atomic E-state index is 12.5. The Morgan fingerprint density at radius 2 is 1.26 bits per heavy atom. The average molecular weight is 809 g/mol. The number of alkyl halides is 3. The van der Waals surface area contributed by atoms with E-state index in [2.05, 4.69) is 105 Å². The zero-order valence-corrected chi connectivity index (χ0v) is 26.6. The second-order valence-corrected chi connectivity index (χ2v) is 12.8. The first kappa shape index (κ1) is 34.3. The number of esters is 1. The summed E-state index contributed by atoms with van der Waals surface area (Å²) in [5.41, 5.74) is -4.42. The third-order valence-electron chi connectivity index (χ3n) is 6.16. The van der Waals surface area contributed by atoms with Crippen molar-refractivity contribution < 1.29 is 53.5 Å². The fraction of sp³-hybridized carbons (Fsp3) is 0.129. The number of nitrogens with zero attached hydrogens (tertiary/aromatic N) is 1. The number of H-pyrrole nitrogens is 1. The number of aromatic nitrogens is 1. The van der Waals surface area contributed by atoms with E-state index in [1.54, 1.807) is 24.3 Å². The number of benzene rings is 4. The van der Waals surface area contributed by atoms with E-state index >= 15 is 0 Å². The largest absolute Gasteiger partial charge is 1.00 e. The predicted molar refractivity (Wildman–Crippen MR) is 161 cm³/mol. The van der Waals surface area contributed by atoms with Gasteiger partial charge in [-0.3, -0.25) is 4.79 Å². The molecule has 1 N–H and O–H groups in total. The van der Waals surface area contributed by atoms with Crippen LogP contribution in [0.1, 0.15) is 5.56 Å². The number of para-hydroxylation sites is 1. The summed E-state index contributed by atoms with van der Waals surface area (Å²) in [4.78, 5) is 14.5. The summed E-state index contributed by atoms with van der Waals surface area (Å²) in [6.07, 6.45) is 1.14. The molecular formula is C31H27AuF3N2O4PS. The molecule has 0 spiro atoms. The van der Waals surface area contributed by atoms with Crippen LogP contribution in [0.2, 0.25) is 0 Å². The quantitative estimate of drug-likeness (QED) is 0.120. The third-order valence-corrected chi connectivity index (χ3v) is 9.72. The van der Waals surface area contributed by atoms with Crippen LogP contribution in [0.5, 0.6) is 0 Å². The van der Waals surface area contributed by atoms with Crippen LogP contribution in [0.3, 0.4) is 0 Å². The molecule has 0 saturated carbocycles. The van der Waals surface area contributed by atoms with Crippen molar-refractivity contribution in [2.45, 2.75) is 18.0 Å². The van der Waals surface area contributed by atoms with Gasteiger partial charge in [-0.2, -0.15) is 13.2 Å². The topological polar surface area (TPSA) is 90.3 Å². The number of hydrogen-bond donors (Lipinski definition) is 1. The summed E-state index contributed by atoms with van der Waals surface area (Å²) in [6, 6.07) is 37.4. The number of aromatic amines is 1. The fourth-order valence-electron chi connectivity index (χ4n) is 4.21.